The van der Waals surface area contributed by atoms with Crippen LogP contribution < -0.4 is 19.5 Å². The van der Waals surface area contributed by atoms with Gasteiger partial charge in [0.15, 0.2) is 17.3 Å². The number of fused-ring (bicyclic) bond motifs is 1. The number of rotatable bonds is 7. The number of benzene rings is 2. The molecule has 1 amide bonds. The average Bonchev–Trinajstić information content (AvgIpc) is 3.54. The summed E-state index contributed by atoms with van der Waals surface area (Å²) in [6.45, 7) is 3.08. The molecule has 0 saturated carbocycles. The first kappa shape index (κ1) is 19.7. The Bertz CT molecular complexity index is 1260. The number of anilines is 1. The van der Waals surface area contributed by atoms with E-state index in [1.54, 1.807) is 47.4 Å². The number of hydrogen-bond acceptors (Lipinski definition) is 6. The second-order valence-electron chi connectivity index (χ2n) is 7.38. The second-order valence-corrected chi connectivity index (χ2v) is 7.38. The number of aromatic nitrogens is 2. The van der Waals surface area contributed by atoms with Gasteiger partial charge in [-0.2, -0.15) is 5.10 Å². The van der Waals surface area contributed by atoms with Crippen LogP contribution >= 0.6 is 0 Å². The summed E-state index contributed by atoms with van der Waals surface area (Å²) in [5.74, 6) is 2.33. The van der Waals surface area contributed by atoms with Gasteiger partial charge in [-0.25, -0.2) is 0 Å². The maximum atomic E-state index is 12.5. The Kier molecular flexibility index (Phi) is 5.25. The first-order chi connectivity index (χ1) is 15.6. The SMILES string of the molecule is Cc1ccccc1Cn1cc(NC(=O)c2ccc(COc3ccc4c(c3)OCO4)o2)cn1. The standard InChI is InChI=1S/C24H21N3O5/c1-16-4-2-3-5-17(16)12-27-13-18(11-25-27)26-24(28)22-9-7-20(32-22)14-29-19-6-8-21-23(10-19)31-15-30-21/h2-11,13H,12,14-15H2,1H3,(H,26,28). The summed E-state index contributed by atoms with van der Waals surface area (Å²) in [5.41, 5.74) is 2.96. The molecule has 8 nitrogen and oxygen atoms in total. The van der Waals surface area contributed by atoms with Crippen LogP contribution in [0.1, 0.15) is 27.4 Å². The molecule has 2 aromatic carbocycles. The Morgan fingerprint density at radius 3 is 2.91 bits per heavy atom. The molecule has 8 heteroatoms. The van der Waals surface area contributed by atoms with E-state index in [1.165, 1.54) is 11.1 Å². The Morgan fingerprint density at radius 1 is 1.12 bits per heavy atom. The van der Waals surface area contributed by atoms with Gasteiger partial charge in [-0.15, -0.1) is 0 Å². The fourth-order valence-corrected chi connectivity index (χ4v) is 3.37. The molecule has 162 valence electrons. The number of nitrogens with one attached hydrogen (secondary N) is 1. The Labute approximate surface area is 184 Å². The smallest absolute Gasteiger partial charge is 0.291 e. The van der Waals surface area contributed by atoms with Crippen LogP contribution in [-0.2, 0) is 13.2 Å². The number of aryl methyl sites for hydroxylation is 1. The van der Waals surface area contributed by atoms with Crippen molar-refractivity contribution >= 4 is 11.6 Å². The molecule has 0 bridgehead atoms. The van der Waals surface area contributed by atoms with Crippen molar-refractivity contribution in [2.75, 3.05) is 12.1 Å². The molecule has 1 N–H and O–H groups in total. The number of ether oxygens (including phenoxy) is 3. The molecule has 0 fully saturated rings. The van der Waals surface area contributed by atoms with Gasteiger partial charge < -0.3 is 23.9 Å². The maximum Gasteiger partial charge on any atom is 0.291 e. The van der Waals surface area contributed by atoms with E-state index in [2.05, 4.69) is 29.5 Å². The zero-order valence-electron chi connectivity index (χ0n) is 17.4. The molecule has 32 heavy (non-hydrogen) atoms. The first-order valence-corrected chi connectivity index (χ1v) is 10.1. The van der Waals surface area contributed by atoms with E-state index in [4.69, 9.17) is 18.6 Å². The minimum Gasteiger partial charge on any atom is -0.486 e. The van der Waals surface area contributed by atoms with Crippen LogP contribution in [0.4, 0.5) is 5.69 Å². The third-order valence-electron chi connectivity index (χ3n) is 5.10. The predicted molar refractivity (Wildman–Crippen MR) is 116 cm³/mol. The lowest BCUT2D eigenvalue weighted by Crippen LogP contribution is -2.10. The summed E-state index contributed by atoms with van der Waals surface area (Å²) in [4.78, 5) is 12.5. The van der Waals surface area contributed by atoms with Crippen LogP contribution in [-0.4, -0.2) is 22.5 Å². The summed E-state index contributed by atoms with van der Waals surface area (Å²) in [7, 11) is 0. The van der Waals surface area contributed by atoms with Gasteiger partial charge in [0, 0.05) is 12.3 Å². The lowest BCUT2D eigenvalue weighted by atomic mass is 10.1. The van der Waals surface area contributed by atoms with E-state index < -0.39 is 0 Å². The quantitative estimate of drug-likeness (QED) is 0.467. The topological polar surface area (TPSA) is 87.8 Å². The molecule has 0 saturated heterocycles. The highest BCUT2D eigenvalue weighted by atomic mass is 16.7. The van der Waals surface area contributed by atoms with Gasteiger partial charge in [-0.3, -0.25) is 9.48 Å². The van der Waals surface area contributed by atoms with Crippen LogP contribution in [0, 0.1) is 6.92 Å². The molecule has 3 heterocycles. The highest BCUT2D eigenvalue weighted by molar-refractivity contribution is 6.02. The number of nitrogens with zero attached hydrogens (tertiary/aromatic N) is 2. The first-order valence-electron chi connectivity index (χ1n) is 10.1. The number of carbonyl (C=O) groups is 1. The molecule has 0 aliphatic carbocycles. The lowest BCUT2D eigenvalue weighted by molar-refractivity contribution is 0.0992. The van der Waals surface area contributed by atoms with Gasteiger partial charge in [0.25, 0.3) is 5.91 Å². The van der Waals surface area contributed by atoms with Crippen molar-refractivity contribution in [3.05, 3.63) is 89.6 Å². The molecule has 0 unspecified atom stereocenters. The molecule has 0 spiro atoms. The van der Waals surface area contributed by atoms with Crippen molar-refractivity contribution in [3.63, 3.8) is 0 Å². The van der Waals surface area contributed by atoms with Gasteiger partial charge in [-0.1, -0.05) is 24.3 Å². The van der Waals surface area contributed by atoms with Crippen LogP contribution in [0.5, 0.6) is 17.2 Å². The summed E-state index contributed by atoms with van der Waals surface area (Å²) < 4.78 is 23.8. The van der Waals surface area contributed by atoms with E-state index in [9.17, 15) is 4.79 Å². The van der Waals surface area contributed by atoms with Gasteiger partial charge in [-0.05, 0) is 42.3 Å². The van der Waals surface area contributed by atoms with Crippen molar-refractivity contribution in [2.45, 2.75) is 20.1 Å². The van der Waals surface area contributed by atoms with E-state index in [0.717, 1.165) is 0 Å². The summed E-state index contributed by atoms with van der Waals surface area (Å²) in [6, 6.07) is 16.8. The minimum atomic E-state index is -0.352. The Balaban J connectivity index is 1.17. The third-order valence-corrected chi connectivity index (χ3v) is 5.10. The Morgan fingerprint density at radius 2 is 2.00 bits per heavy atom. The second kappa shape index (κ2) is 8.50. The van der Waals surface area contributed by atoms with Crippen molar-refractivity contribution < 1.29 is 23.4 Å². The van der Waals surface area contributed by atoms with E-state index in [1.807, 2.05) is 12.1 Å². The maximum absolute atomic E-state index is 12.5. The fraction of sp³-hybridized carbons (Fsp3) is 0.167. The van der Waals surface area contributed by atoms with Gasteiger partial charge in [0.05, 0.1) is 18.4 Å². The molecule has 1 aliphatic rings. The highest BCUT2D eigenvalue weighted by Crippen LogP contribution is 2.35. The fourth-order valence-electron chi connectivity index (χ4n) is 3.37. The Hall–Kier alpha value is -4.20. The average molecular weight is 431 g/mol. The monoisotopic (exact) mass is 431 g/mol. The minimum absolute atomic E-state index is 0.182. The molecule has 0 radical (unpaired) electrons. The molecule has 0 atom stereocenters. The van der Waals surface area contributed by atoms with Crippen LogP contribution in [0.2, 0.25) is 0 Å². The lowest BCUT2D eigenvalue weighted by Gasteiger charge is -2.05. The van der Waals surface area contributed by atoms with Crippen LogP contribution in [0.3, 0.4) is 0 Å². The van der Waals surface area contributed by atoms with Crippen molar-refractivity contribution in [3.8, 4) is 17.2 Å². The normalized spacial score (nSPS) is 12.0. The van der Waals surface area contributed by atoms with E-state index in [0.29, 0.717) is 35.2 Å². The summed E-state index contributed by atoms with van der Waals surface area (Å²) >= 11 is 0. The van der Waals surface area contributed by atoms with Gasteiger partial charge >= 0.3 is 0 Å². The molecule has 4 aromatic rings. The van der Waals surface area contributed by atoms with Crippen molar-refractivity contribution in [1.29, 1.82) is 0 Å². The number of carbonyl (C=O) groups excluding carboxylic acids is 1. The van der Waals surface area contributed by atoms with Gasteiger partial charge in [0.1, 0.15) is 18.1 Å². The van der Waals surface area contributed by atoms with E-state index in [-0.39, 0.29) is 25.1 Å². The summed E-state index contributed by atoms with van der Waals surface area (Å²) in [5, 5.41) is 7.13. The van der Waals surface area contributed by atoms with E-state index >= 15 is 0 Å². The number of amides is 1. The third kappa shape index (κ3) is 4.29. The van der Waals surface area contributed by atoms with Crippen molar-refractivity contribution in [2.24, 2.45) is 0 Å². The molecule has 1 aliphatic heterocycles. The number of furan rings is 1. The number of hydrogen-bond donors (Lipinski definition) is 1. The largest absolute Gasteiger partial charge is 0.486 e. The summed E-state index contributed by atoms with van der Waals surface area (Å²) in [6.07, 6.45) is 3.40. The van der Waals surface area contributed by atoms with Crippen molar-refractivity contribution in [1.82, 2.24) is 9.78 Å². The predicted octanol–water partition coefficient (Wildman–Crippen LogP) is 4.39. The molecular formula is C24H21N3O5. The molecular weight excluding hydrogens is 410 g/mol. The zero-order valence-corrected chi connectivity index (χ0v) is 17.4. The van der Waals surface area contributed by atoms with Gasteiger partial charge in [0.2, 0.25) is 6.79 Å². The van der Waals surface area contributed by atoms with Crippen LogP contribution in [0.15, 0.2) is 71.4 Å². The molecule has 5 rings (SSSR count). The van der Waals surface area contributed by atoms with Crippen LogP contribution in [0.25, 0.3) is 0 Å². The molecule has 2 aromatic heterocycles. The highest BCUT2D eigenvalue weighted by Gasteiger charge is 2.15. The zero-order chi connectivity index (χ0) is 21.9.